The number of nitrogens with two attached hydrogens (primary N) is 1. The van der Waals surface area contributed by atoms with Crippen LogP contribution >= 0.6 is 0 Å². The second-order valence-corrected chi connectivity index (χ2v) is 4.62. The Morgan fingerprint density at radius 1 is 1.29 bits per heavy atom. The summed E-state index contributed by atoms with van der Waals surface area (Å²) < 4.78 is 5.44. The van der Waals surface area contributed by atoms with E-state index in [1.54, 1.807) is 0 Å². The van der Waals surface area contributed by atoms with E-state index in [9.17, 15) is 0 Å². The molecule has 3 N–H and O–H groups in total. The Bertz CT molecular complexity index is 331. The Labute approximate surface area is 103 Å². The summed E-state index contributed by atoms with van der Waals surface area (Å²) in [6.45, 7) is 4.89. The van der Waals surface area contributed by atoms with Gasteiger partial charge in [0.1, 0.15) is 5.75 Å². The van der Waals surface area contributed by atoms with Crippen LogP contribution in [0.25, 0.3) is 0 Å². The minimum absolute atomic E-state index is 0.160. The number of hydrogen-bond acceptors (Lipinski definition) is 3. The van der Waals surface area contributed by atoms with Crippen molar-refractivity contribution in [3.8, 4) is 5.75 Å². The largest absolute Gasteiger partial charge is 0.494 e. The van der Waals surface area contributed by atoms with E-state index in [0.717, 1.165) is 18.8 Å². The second-order valence-electron chi connectivity index (χ2n) is 4.62. The lowest BCUT2D eigenvalue weighted by molar-refractivity contribution is 0.321. The van der Waals surface area contributed by atoms with Crippen LogP contribution in [0.5, 0.6) is 5.75 Å². The van der Waals surface area contributed by atoms with Crippen molar-refractivity contribution in [2.75, 3.05) is 19.7 Å². The van der Waals surface area contributed by atoms with Crippen LogP contribution in [0.3, 0.4) is 0 Å². The van der Waals surface area contributed by atoms with Crippen LogP contribution in [0.2, 0.25) is 0 Å². The molecule has 0 saturated carbocycles. The number of piperidine rings is 1. The van der Waals surface area contributed by atoms with Crippen molar-refractivity contribution in [3.05, 3.63) is 29.8 Å². The molecule has 0 spiro atoms. The molecule has 0 aliphatic carbocycles. The lowest BCUT2D eigenvalue weighted by Gasteiger charge is -2.28. The Morgan fingerprint density at radius 3 is 2.53 bits per heavy atom. The molecule has 0 aromatic heterocycles. The Morgan fingerprint density at radius 2 is 1.94 bits per heavy atom. The van der Waals surface area contributed by atoms with Gasteiger partial charge in [-0.3, -0.25) is 0 Å². The number of hydrogen-bond donors (Lipinski definition) is 2. The van der Waals surface area contributed by atoms with E-state index in [1.165, 1.54) is 18.4 Å². The summed E-state index contributed by atoms with van der Waals surface area (Å²) in [4.78, 5) is 0. The fraction of sp³-hybridized carbons (Fsp3) is 0.571. The van der Waals surface area contributed by atoms with Gasteiger partial charge in [-0.25, -0.2) is 0 Å². The first kappa shape index (κ1) is 12.4. The molecule has 1 atom stereocenters. The summed E-state index contributed by atoms with van der Waals surface area (Å²) in [7, 11) is 0. The zero-order valence-corrected chi connectivity index (χ0v) is 10.5. The van der Waals surface area contributed by atoms with Crippen LogP contribution in [-0.2, 0) is 0 Å². The Hall–Kier alpha value is -1.06. The van der Waals surface area contributed by atoms with E-state index < -0.39 is 0 Å². The molecule has 1 aromatic rings. The summed E-state index contributed by atoms with van der Waals surface area (Å²) >= 11 is 0. The van der Waals surface area contributed by atoms with E-state index in [1.807, 2.05) is 19.1 Å². The van der Waals surface area contributed by atoms with Gasteiger partial charge in [0, 0.05) is 6.04 Å². The molecule has 1 saturated heterocycles. The van der Waals surface area contributed by atoms with Gasteiger partial charge in [-0.1, -0.05) is 12.1 Å². The molecule has 3 heteroatoms. The highest BCUT2D eigenvalue weighted by Crippen LogP contribution is 2.27. The van der Waals surface area contributed by atoms with Gasteiger partial charge in [-0.15, -0.1) is 0 Å². The third-order valence-corrected chi connectivity index (χ3v) is 3.47. The summed E-state index contributed by atoms with van der Waals surface area (Å²) in [5, 5.41) is 3.37. The summed E-state index contributed by atoms with van der Waals surface area (Å²) in [5.74, 6) is 1.53. The summed E-state index contributed by atoms with van der Waals surface area (Å²) in [6.07, 6.45) is 2.35. The van der Waals surface area contributed by atoms with Crippen molar-refractivity contribution in [1.29, 1.82) is 0 Å². The van der Waals surface area contributed by atoms with Gasteiger partial charge in [0.15, 0.2) is 0 Å². The van der Waals surface area contributed by atoms with Crippen molar-refractivity contribution in [2.24, 2.45) is 11.7 Å². The topological polar surface area (TPSA) is 47.3 Å². The van der Waals surface area contributed by atoms with Crippen molar-refractivity contribution in [2.45, 2.75) is 25.8 Å². The molecule has 0 amide bonds. The third kappa shape index (κ3) is 3.20. The number of benzene rings is 1. The Kier molecular flexibility index (Phi) is 4.40. The summed E-state index contributed by atoms with van der Waals surface area (Å²) in [5.41, 5.74) is 7.55. The Balaban J connectivity index is 2.00. The molecule has 2 rings (SSSR count). The molecule has 1 aliphatic rings. The smallest absolute Gasteiger partial charge is 0.119 e. The average molecular weight is 234 g/mol. The van der Waals surface area contributed by atoms with Crippen molar-refractivity contribution < 1.29 is 4.74 Å². The van der Waals surface area contributed by atoms with Gasteiger partial charge in [-0.2, -0.15) is 0 Å². The lowest BCUT2D eigenvalue weighted by Crippen LogP contribution is -2.33. The molecule has 1 heterocycles. The molecule has 1 fully saturated rings. The third-order valence-electron chi connectivity index (χ3n) is 3.47. The number of ether oxygens (including phenoxy) is 1. The standard InChI is InChI=1S/C14H22N2O/c1-2-17-13-5-3-11(4-6-13)14(15)12-7-9-16-10-8-12/h3-6,12,14,16H,2,7-10,15H2,1H3/t14-/m0/s1. The fourth-order valence-electron chi connectivity index (χ4n) is 2.43. The van der Waals surface area contributed by atoms with E-state index >= 15 is 0 Å². The minimum Gasteiger partial charge on any atom is -0.494 e. The molecule has 3 nitrogen and oxygen atoms in total. The highest BCUT2D eigenvalue weighted by Gasteiger charge is 2.21. The number of rotatable bonds is 4. The zero-order valence-electron chi connectivity index (χ0n) is 10.5. The van der Waals surface area contributed by atoms with Gasteiger partial charge in [0.2, 0.25) is 0 Å². The molecule has 0 unspecified atom stereocenters. The lowest BCUT2D eigenvalue weighted by atomic mass is 9.86. The van der Waals surface area contributed by atoms with Gasteiger partial charge in [-0.05, 0) is 56.5 Å². The van der Waals surface area contributed by atoms with Crippen LogP contribution in [0.15, 0.2) is 24.3 Å². The van der Waals surface area contributed by atoms with Crippen molar-refractivity contribution in [3.63, 3.8) is 0 Å². The molecule has 0 radical (unpaired) electrons. The van der Waals surface area contributed by atoms with Crippen LogP contribution in [0, 0.1) is 5.92 Å². The first-order valence-corrected chi connectivity index (χ1v) is 6.50. The highest BCUT2D eigenvalue weighted by molar-refractivity contribution is 5.29. The molecular weight excluding hydrogens is 212 g/mol. The van der Waals surface area contributed by atoms with E-state index in [4.69, 9.17) is 10.5 Å². The van der Waals surface area contributed by atoms with Crippen LogP contribution < -0.4 is 15.8 Å². The average Bonchev–Trinajstić information content (AvgIpc) is 2.40. The van der Waals surface area contributed by atoms with Crippen LogP contribution in [0.4, 0.5) is 0 Å². The molecule has 1 aliphatic heterocycles. The predicted molar refractivity (Wildman–Crippen MR) is 70.1 cm³/mol. The van der Waals surface area contributed by atoms with E-state index in [2.05, 4.69) is 17.4 Å². The second kappa shape index (κ2) is 6.03. The van der Waals surface area contributed by atoms with Gasteiger partial charge < -0.3 is 15.8 Å². The van der Waals surface area contributed by atoms with Gasteiger partial charge >= 0.3 is 0 Å². The van der Waals surface area contributed by atoms with Gasteiger partial charge in [0.25, 0.3) is 0 Å². The minimum atomic E-state index is 0.160. The fourth-order valence-corrected chi connectivity index (χ4v) is 2.43. The SMILES string of the molecule is CCOc1ccc([C@H](N)C2CCNCC2)cc1. The maximum absolute atomic E-state index is 6.33. The first-order chi connectivity index (χ1) is 8.31. The molecule has 17 heavy (non-hydrogen) atoms. The molecular formula is C14H22N2O. The normalized spacial score (nSPS) is 18.9. The maximum Gasteiger partial charge on any atom is 0.119 e. The molecule has 94 valence electrons. The van der Waals surface area contributed by atoms with Crippen molar-refractivity contribution in [1.82, 2.24) is 5.32 Å². The van der Waals surface area contributed by atoms with Crippen molar-refractivity contribution >= 4 is 0 Å². The van der Waals surface area contributed by atoms with Crippen LogP contribution in [-0.4, -0.2) is 19.7 Å². The molecule has 0 bridgehead atoms. The monoisotopic (exact) mass is 234 g/mol. The first-order valence-electron chi connectivity index (χ1n) is 6.50. The molecule has 1 aromatic carbocycles. The highest BCUT2D eigenvalue weighted by atomic mass is 16.5. The van der Waals surface area contributed by atoms with Gasteiger partial charge in [0.05, 0.1) is 6.61 Å². The van der Waals surface area contributed by atoms with Crippen LogP contribution in [0.1, 0.15) is 31.4 Å². The van der Waals surface area contributed by atoms with E-state index in [-0.39, 0.29) is 6.04 Å². The predicted octanol–water partition coefficient (Wildman–Crippen LogP) is 2.08. The maximum atomic E-state index is 6.33. The number of nitrogens with one attached hydrogen (secondary N) is 1. The summed E-state index contributed by atoms with van der Waals surface area (Å²) in [6, 6.07) is 8.38. The zero-order chi connectivity index (χ0) is 12.1. The quantitative estimate of drug-likeness (QED) is 0.838. The van der Waals surface area contributed by atoms with E-state index in [0.29, 0.717) is 12.5 Å².